The number of guanidine groups is 1. The molecule has 0 aromatic heterocycles. The van der Waals surface area contributed by atoms with Crippen molar-refractivity contribution in [2.75, 3.05) is 0 Å². The highest BCUT2D eigenvalue weighted by atomic mass is 16.5. The van der Waals surface area contributed by atoms with Gasteiger partial charge < -0.3 is 16.2 Å². The molecule has 1 atom stereocenters. The van der Waals surface area contributed by atoms with Crippen LogP contribution < -0.4 is 11.5 Å². The van der Waals surface area contributed by atoms with Gasteiger partial charge in [0.05, 0.1) is 0 Å². The smallest absolute Gasteiger partial charge is 0.188 e. The minimum absolute atomic E-state index is 0.0253. The summed E-state index contributed by atoms with van der Waals surface area (Å²) in [6, 6.07) is 20.0. The third-order valence-electron chi connectivity index (χ3n) is 2.87. The van der Waals surface area contributed by atoms with Crippen LogP contribution in [0.5, 0.6) is 0 Å². The van der Waals surface area contributed by atoms with Gasteiger partial charge in [-0.25, -0.2) is 4.99 Å². The number of benzene rings is 2. The van der Waals surface area contributed by atoms with Gasteiger partial charge in [0, 0.05) is 0 Å². The van der Waals surface area contributed by atoms with Crippen molar-refractivity contribution in [1.82, 2.24) is 0 Å². The molecule has 0 fully saturated rings. The van der Waals surface area contributed by atoms with E-state index in [0.717, 1.165) is 11.1 Å². The Kier molecular flexibility index (Phi) is 4.74. The molecule has 0 aliphatic heterocycles. The minimum atomic E-state index is -0.412. The molecule has 104 valence electrons. The van der Waals surface area contributed by atoms with Crippen molar-refractivity contribution in [3.63, 3.8) is 0 Å². The monoisotopic (exact) mass is 269 g/mol. The average molecular weight is 269 g/mol. The lowest BCUT2D eigenvalue weighted by atomic mass is 10.0. The van der Waals surface area contributed by atoms with Gasteiger partial charge in [-0.05, 0) is 18.1 Å². The van der Waals surface area contributed by atoms with Crippen molar-refractivity contribution in [2.24, 2.45) is 16.5 Å². The standard InChI is InChI=1S/C16H19N3O/c1-12(19-16(17)18)20-15(13-8-4-2-5-9-13)14-10-6-3-7-11-14/h2-12,15H,1H3,(H4,17,18,19). The molecular formula is C16H19N3O. The van der Waals surface area contributed by atoms with E-state index in [4.69, 9.17) is 16.2 Å². The molecular weight excluding hydrogens is 250 g/mol. The normalized spacial score (nSPS) is 12.1. The molecule has 1 unspecified atom stereocenters. The first-order chi connectivity index (χ1) is 9.66. The van der Waals surface area contributed by atoms with Crippen LogP contribution in [-0.4, -0.2) is 12.2 Å². The van der Waals surface area contributed by atoms with Crippen LogP contribution in [0.15, 0.2) is 65.7 Å². The number of ether oxygens (including phenoxy) is 1. The van der Waals surface area contributed by atoms with Crippen molar-refractivity contribution in [3.8, 4) is 0 Å². The average Bonchev–Trinajstić information content (AvgIpc) is 2.46. The number of hydrogen-bond donors (Lipinski definition) is 2. The van der Waals surface area contributed by atoms with Crippen LogP contribution >= 0.6 is 0 Å². The van der Waals surface area contributed by atoms with E-state index >= 15 is 0 Å². The molecule has 0 radical (unpaired) electrons. The Morgan fingerprint density at radius 1 is 0.900 bits per heavy atom. The molecule has 0 spiro atoms. The molecule has 2 aromatic carbocycles. The maximum atomic E-state index is 5.99. The van der Waals surface area contributed by atoms with E-state index < -0.39 is 6.23 Å². The molecule has 0 amide bonds. The van der Waals surface area contributed by atoms with Gasteiger partial charge in [0.1, 0.15) is 6.10 Å². The molecule has 4 heteroatoms. The maximum Gasteiger partial charge on any atom is 0.188 e. The van der Waals surface area contributed by atoms with Crippen molar-refractivity contribution in [3.05, 3.63) is 71.8 Å². The van der Waals surface area contributed by atoms with Gasteiger partial charge in [-0.1, -0.05) is 60.7 Å². The molecule has 0 aliphatic carbocycles. The van der Waals surface area contributed by atoms with E-state index in [2.05, 4.69) is 4.99 Å². The molecule has 0 bridgehead atoms. The number of nitrogens with zero attached hydrogens (tertiary/aromatic N) is 1. The molecule has 0 saturated heterocycles. The second-order valence-electron chi connectivity index (χ2n) is 4.49. The third-order valence-corrected chi connectivity index (χ3v) is 2.87. The summed E-state index contributed by atoms with van der Waals surface area (Å²) in [7, 11) is 0. The summed E-state index contributed by atoms with van der Waals surface area (Å²) in [4.78, 5) is 4.02. The first kappa shape index (κ1) is 14.1. The number of hydrogen-bond acceptors (Lipinski definition) is 2. The highest BCUT2D eigenvalue weighted by Crippen LogP contribution is 2.27. The summed E-state index contributed by atoms with van der Waals surface area (Å²) in [6.07, 6.45) is -0.610. The van der Waals surface area contributed by atoms with Crippen LogP contribution in [0.2, 0.25) is 0 Å². The van der Waals surface area contributed by atoms with Crippen molar-refractivity contribution in [1.29, 1.82) is 0 Å². The number of rotatable bonds is 5. The molecule has 2 aromatic rings. The highest BCUT2D eigenvalue weighted by molar-refractivity contribution is 5.75. The van der Waals surface area contributed by atoms with Gasteiger partial charge in [-0.2, -0.15) is 0 Å². The lowest BCUT2D eigenvalue weighted by Crippen LogP contribution is -2.26. The van der Waals surface area contributed by atoms with Crippen LogP contribution in [0.4, 0.5) is 0 Å². The van der Waals surface area contributed by atoms with Gasteiger partial charge in [0.2, 0.25) is 0 Å². The van der Waals surface area contributed by atoms with E-state index in [1.165, 1.54) is 0 Å². The van der Waals surface area contributed by atoms with Gasteiger partial charge in [-0.15, -0.1) is 0 Å². The van der Waals surface area contributed by atoms with E-state index in [0.29, 0.717) is 0 Å². The van der Waals surface area contributed by atoms with Crippen LogP contribution in [0.1, 0.15) is 24.2 Å². The Hall–Kier alpha value is -2.33. The van der Waals surface area contributed by atoms with E-state index in [-0.39, 0.29) is 12.1 Å². The van der Waals surface area contributed by atoms with Crippen LogP contribution in [0.25, 0.3) is 0 Å². The predicted octanol–water partition coefficient (Wildman–Crippen LogP) is 2.41. The van der Waals surface area contributed by atoms with E-state index in [1.807, 2.05) is 67.6 Å². The molecule has 0 heterocycles. The molecule has 0 aliphatic rings. The van der Waals surface area contributed by atoms with Crippen molar-refractivity contribution in [2.45, 2.75) is 19.3 Å². The van der Waals surface area contributed by atoms with E-state index in [9.17, 15) is 0 Å². The summed E-state index contributed by atoms with van der Waals surface area (Å²) < 4.78 is 5.99. The minimum Gasteiger partial charge on any atom is -0.370 e. The zero-order valence-electron chi connectivity index (χ0n) is 11.4. The van der Waals surface area contributed by atoms with Crippen LogP contribution in [0, 0.1) is 0 Å². The second-order valence-corrected chi connectivity index (χ2v) is 4.49. The fraction of sp³-hybridized carbons (Fsp3) is 0.188. The molecule has 4 N–H and O–H groups in total. The first-order valence-electron chi connectivity index (χ1n) is 6.51. The largest absolute Gasteiger partial charge is 0.370 e. The summed E-state index contributed by atoms with van der Waals surface area (Å²) in [5, 5.41) is 0. The Balaban J connectivity index is 2.28. The van der Waals surface area contributed by atoms with Crippen LogP contribution in [-0.2, 0) is 4.74 Å². The third kappa shape index (κ3) is 3.83. The first-order valence-corrected chi connectivity index (χ1v) is 6.51. The number of aliphatic imine (C=N–C) groups is 1. The lowest BCUT2D eigenvalue weighted by molar-refractivity contribution is 0.0247. The molecule has 0 saturated carbocycles. The predicted molar refractivity (Wildman–Crippen MR) is 81.1 cm³/mol. The summed E-state index contributed by atoms with van der Waals surface area (Å²) >= 11 is 0. The fourth-order valence-corrected chi connectivity index (χ4v) is 2.04. The number of nitrogens with two attached hydrogens (primary N) is 2. The molecule has 2 rings (SSSR count). The lowest BCUT2D eigenvalue weighted by Gasteiger charge is -2.21. The molecule has 4 nitrogen and oxygen atoms in total. The van der Waals surface area contributed by atoms with Crippen molar-refractivity contribution >= 4 is 5.96 Å². The van der Waals surface area contributed by atoms with Gasteiger partial charge >= 0.3 is 0 Å². The van der Waals surface area contributed by atoms with Crippen molar-refractivity contribution < 1.29 is 4.74 Å². The van der Waals surface area contributed by atoms with Gasteiger partial charge in [-0.3, -0.25) is 0 Å². The zero-order chi connectivity index (χ0) is 14.4. The Bertz CT molecular complexity index is 511. The highest BCUT2D eigenvalue weighted by Gasteiger charge is 2.17. The fourth-order valence-electron chi connectivity index (χ4n) is 2.04. The second kappa shape index (κ2) is 6.73. The quantitative estimate of drug-likeness (QED) is 0.646. The Morgan fingerprint density at radius 2 is 1.35 bits per heavy atom. The summed E-state index contributed by atoms with van der Waals surface area (Å²) in [5.74, 6) is 0.0253. The maximum absolute atomic E-state index is 5.99. The summed E-state index contributed by atoms with van der Waals surface area (Å²) in [6.45, 7) is 1.82. The van der Waals surface area contributed by atoms with Crippen LogP contribution in [0.3, 0.4) is 0 Å². The zero-order valence-corrected chi connectivity index (χ0v) is 11.4. The Morgan fingerprint density at radius 3 is 1.75 bits per heavy atom. The SMILES string of the molecule is CC(N=C(N)N)OC(c1ccccc1)c1ccccc1. The topological polar surface area (TPSA) is 73.6 Å². The molecule has 20 heavy (non-hydrogen) atoms. The van der Waals surface area contributed by atoms with Gasteiger partial charge in [0.25, 0.3) is 0 Å². The Labute approximate surface area is 119 Å². The van der Waals surface area contributed by atoms with E-state index in [1.54, 1.807) is 0 Å². The summed E-state index contributed by atoms with van der Waals surface area (Å²) in [5.41, 5.74) is 12.9. The van der Waals surface area contributed by atoms with Gasteiger partial charge in [0.15, 0.2) is 12.2 Å².